The van der Waals surface area contributed by atoms with Gasteiger partial charge in [-0.2, -0.15) is 0 Å². The van der Waals surface area contributed by atoms with Crippen LogP contribution >= 0.6 is 15.9 Å². The Labute approximate surface area is 120 Å². The molecular formula is C14H16BrNO3. The van der Waals surface area contributed by atoms with Crippen LogP contribution in [0.4, 0.5) is 0 Å². The number of hydrogen-bond donors (Lipinski definition) is 2. The van der Waals surface area contributed by atoms with Gasteiger partial charge in [-0.25, -0.2) is 0 Å². The molecule has 0 saturated heterocycles. The number of benzene rings is 1. The number of hydrogen-bond acceptors (Lipinski definition) is 4. The lowest BCUT2D eigenvalue weighted by atomic mass is 9.92. The maximum atomic E-state index is 10.4. The summed E-state index contributed by atoms with van der Waals surface area (Å²) in [6.45, 7) is 0.312. The van der Waals surface area contributed by atoms with Crippen LogP contribution in [0.15, 0.2) is 45.5 Å². The molecule has 19 heavy (non-hydrogen) atoms. The largest absolute Gasteiger partial charge is 0.497 e. The molecule has 5 heteroatoms. The molecule has 2 unspecified atom stereocenters. The molecule has 4 nitrogen and oxygen atoms in total. The molecule has 3 N–H and O–H groups in total. The van der Waals surface area contributed by atoms with Crippen LogP contribution in [0.5, 0.6) is 5.75 Å². The fraction of sp³-hybridized carbons (Fsp3) is 0.286. The number of halogens is 1. The lowest BCUT2D eigenvalue weighted by Gasteiger charge is -2.20. The average molecular weight is 326 g/mol. The minimum Gasteiger partial charge on any atom is -0.497 e. The van der Waals surface area contributed by atoms with E-state index in [2.05, 4.69) is 15.9 Å². The summed E-state index contributed by atoms with van der Waals surface area (Å²) in [5, 5.41) is 10.4. The Morgan fingerprint density at radius 2 is 2.16 bits per heavy atom. The Kier molecular flexibility index (Phi) is 4.63. The van der Waals surface area contributed by atoms with E-state index in [4.69, 9.17) is 14.9 Å². The van der Waals surface area contributed by atoms with E-state index >= 15 is 0 Å². The third kappa shape index (κ3) is 3.18. The van der Waals surface area contributed by atoms with E-state index < -0.39 is 6.10 Å². The molecule has 1 aromatic carbocycles. The molecule has 1 aromatic heterocycles. The number of furan rings is 1. The third-order valence-electron chi connectivity index (χ3n) is 3.04. The summed E-state index contributed by atoms with van der Waals surface area (Å²) in [4.78, 5) is 0. The Morgan fingerprint density at radius 1 is 1.37 bits per heavy atom. The smallest absolute Gasteiger partial charge is 0.169 e. The van der Waals surface area contributed by atoms with E-state index in [1.807, 2.05) is 24.3 Å². The molecule has 0 radical (unpaired) electrons. The van der Waals surface area contributed by atoms with E-state index in [0.29, 0.717) is 17.0 Å². The van der Waals surface area contributed by atoms with Gasteiger partial charge in [0.25, 0.3) is 0 Å². The molecular weight excluding hydrogens is 310 g/mol. The molecule has 2 aromatic rings. The van der Waals surface area contributed by atoms with Crippen molar-refractivity contribution in [1.29, 1.82) is 0 Å². The first kappa shape index (κ1) is 14.1. The van der Waals surface area contributed by atoms with Crippen LogP contribution in [0.1, 0.15) is 23.3 Å². The maximum Gasteiger partial charge on any atom is 0.169 e. The zero-order chi connectivity index (χ0) is 13.8. The van der Waals surface area contributed by atoms with Crippen LogP contribution in [0.25, 0.3) is 0 Å². The summed E-state index contributed by atoms with van der Waals surface area (Å²) in [5.41, 5.74) is 6.71. The number of rotatable bonds is 5. The molecule has 0 fully saturated rings. The van der Waals surface area contributed by atoms with Crippen molar-refractivity contribution in [2.75, 3.05) is 13.7 Å². The summed E-state index contributed by atoms with van der Waals surface area (Å²) in [6, 6.07) is 11.0. The van der Waals surface area contributed by atoms with E-state index in [1.54, 1.807) is 19.2 Å². The highest BCUT2D eigenvalue weighted by atomic mass is 79.9. The lowest BCUT2D eigenvalue weighted by molar-refractivity contribution is 0.120. The Hall–Kier alpha value is -1.30. The summed E-state index contributed by atoms with van der Waals surface area (Å²) >= 11 is 3.22. The summed E-state index contributed by atoms with van der Waals surface area (Å²) in [6.07, 6.45) is -0.789. The number of nitrogens with two attached hydrogens (primary N) is 1. The highest BCUT2D eigenvalue weighted by molar-refractivity contribution is 9.10. The van der Waals surface area contributed by atoms with Gasteiger partial charge in [-0.15, -0.1) is 0 Å². The van der Waals surface area contributed by atoms with Crippen molar-refractivity contribution >= 4 is 15.9 Å². The van der Waals surface area contributed by atoms with Gasteiger partial charge >= 0.3 is 0 Å². The van der Waals surface area contributed by atoms with Gasteiger partial charge in [0.15, 0.2) is 4.67 Å². The maximum absolute atomic E-state index is 10.4. The second kappa shape index (κ2) is 6.23. The monoisotopic (exact) mass is 325 g/mol. The fourth-order valence-electron chi connectivity index (χ4n) is 2.00. The van der Waals surface area contributed by atoms with Crippen molar-refractivity contribution in [3.05, 3.63) is 52.4 Å². The van der Waals surface area contributed by atoms with Crippen molar-refractivity contribution < 1.29 is 14.3 Å². The standard InChI is InChI=1S/C14H16BrNO3/c1-18-10-4-2-3-9(7-10)11(8-16)14(17)12-5-6-13(15)19-12/h2-7,11,14,17H,8,16H2,1H3. The molecule has 1 heterocycles. The normalized spacial score (nSPS) is 14.1. The Balaban J connectivity index is 2.28. The molecule has 2 rings (SSSR count). The van der Waals surface area contributed by atoms with Crippen LogP contribution < -0.4 is 10.5 Å². The molecule has 102 valence electrons. The zero-order valence-electron chi connectivity index (χ0n) is 10.5. The highest BCUT2D eigenvalue weighted by Gasteiger charge is 2.24. The summed E-state index contributed by atoms with van der Waals surface area (Å²) in [7, 11) is 1.61. The van der Waals surface area contributed by atoms with Gasteiger partial charge in [0.05, 0.1) is 7.11 Å². The molecule has 0 spiro atoms. The zero-order valence-corrected chi connectivity index (χ0v) is 12.1. The van der Waals surface area contributed by atoms with Gasteiger partial charge in [0.1, 0.15) is 17.6 Å². The van der Waals surface area contributed by atoms with E-state index in [1.165, 1.54) is 0 Å². The van der Waals surface area contributed by atoms with E-state index in [-0.39, 0.29) is 5.92 Å². The van der Waals surface area contributed by atoms with Crippen molar-refractivity contribution in [3.8, 4) is 5.75 Å². The van der Waals surface area contributed by atoms with Gasteiger partial charge in [-0.3, -0.25) is 0 Å². The molecule has 0 aliphatic carbocycles. The van der Waals surface area contributed by atoms with Gasteiger partial charge in [-0.05, 0) is 45.8 Å². The van der Waals surface area contributed by atoms with Crippen molar-refractivity contribution in [2.24, 2.45) is 5.73 Å². The van der Waals surface area contributed by atoms with Crippen LogP contribution in [0, 0.1) is 0 Å². The van der Waals surface area contributed by atoms with E-state index in [0.717, 1.165) is 11.3 Å². The molecule has 0 aliphatic rings. The Bertz CT molecular complexity index is 541. The molecule has 0 amide bonds. The number of aliphatic hydroxyl groups excluding tert-OH is 1. The Morgan fingerprint density at radius 3 is 2.74 bits per heavy atom. The average Bonchev–Trinajstić information content (AvgIpc) is 2.86. The second-order valence-corrected chi connectivity index (χ2v) is 4.99. The van der Waals surface area contributed by atoms with Crippen LogP contribution in [0.3, 0.4) is 0 Å². The predicted molar refractivity (Wildman–Crippen MR) is 76.2 cm³/mol. The highest BCUT2D eigenvalue weighted by Crippen LogP contribution is 2.33. The van der Waals surface area contributed by atoms with Gasteiger partial charge in [0.2, 0.25) is 0 Å². The minimum atomic E-state index is -0.789. The topological polar surface area (TPSA) is 68.6 Å². The fourth-order valence-corrected chi connectivity index (χ4v) is 2.32. The molecule has 2 atom stereocenters. The molecule has 0 bridgehead atoms. The SMILES string of the molecule is COc1cccc(C(CN)C(O)c2ccc(Br)o2)c1. The number of ether oxygens (including phenoxy) is 1. The van der Waals surface area contributed by atoms with Crippen molar-refractivity contribution in [3.63, 3.8) is 0 Å². The minimum absolute atomic E-state index is 0.242. The van der Waals surface area contributed by atoms with E-state index in [9.17, 15) is 5.11 Å². The second-order valence-electron chi connectivity index (χ2n) is 4.21. The summed E-state index contributed by atoms with van der Waals surface area (Å²) < 4.78 is 11.2. The summed E-state index contributed by atoms with van der Waals surface area (Å²) in [5.74, 6) is 0.988. The van der Waals surface area contributed by atoms with Crippen LogP contribution in [-0.2, 0) is 0 Å². The lowest BCUT2D eigenvalue weighted by Crippen LogP contribution is -2.19. The molecule has 0 saturated carbocycles. The third-order valence-corrected chi connectivity index (χ3v) is 3.47. The number of aliphatic hydroxyl groups is 1. The molecule has 0 aliphatic heterocycles. The first-order chi connectivity index (χ1) is 9.15. The van der Waals surface area contributed by atoms with Gasteiger partial charge in [-0.1, -0.05) is 12.1 Å². The van der Waals surface area contributed by atoms with Gasteiger partial charge < -0.3 is 20.0 Å². The van der Waals surface area contributed by atoms with Crippen molar-refractivity contribution in [1.82, 2.24) is 0 Å². The van der Waals surface area contributed by atoms with Crippen LogP contribution in [0.2, 0.25) is 0 Å². The van der Waals surface area contributed by atoms with Gasteiger partial charge in [0, 0.05) is 12.5 Å². The quantitative estimate of drug-likeness (QED) is 0.886. The number of methoxy groups -OCH3 is 1. The predicted octanol–water partition coefficient (Wildman–Crippen LogP) is 2.83. The first-order valence-electron chi connectivity index (χ1n) is 5.93. The van der Waals surface area contributed by atoms with Crippen LogP contribution in [-0.4, -0.2) is 18.8 Å². The first-order valence-corrected chi connectivity index (χ1v) is 6.72. The van der Waals surface area contributed by atoms with Crippen molar-refractivity contribution in [2.45, 2.75) is 12.0 Å².